The molecule has 0 aromatic carbocycles. The third-order valence-corrected chi connectivity index (χ3v) is 4.21. The molecule has 1 rings (SSSR count). The standard InChI is InChI=1S/C18H32O6/c1-2-3-4-5-6-7-8-9-10-11-12-23-17-15(21)18(22)24-16(17)14(20)13-19/h14,16,19-21H,2-13H2,1H3. The van der Waals surface area contributed by atoms with Gasteiger partial charge in [0, 0.05) is 0 Å². The number of esters is 1. The van der Waals surface area contributed by atoms with E-state index in [2.05, 4.69) is 6.92 Å². The zero-order valence-corrected chi connectivity index (χ0v) is 14.7. The van der Waals surface area contributed by atoms with Crippen molar-refractivity contribution in [1.29, 1.82) is 0 Å². The van der Waals surface area contributed by atoms with Crippen LogP contribution in [0, 0.1) is 0 Å². The number of carbonyl (C=O) groups is 1. The first-order chi connectivity index (χ1) is 11.6. The van der Waals surface area contributed by atoms with E-state index < -0.39 is 30.5 Å². The predicted octanol–water partition coefficient (Wildman–Crippen LogP) is 2.97. The third kappa shape index (κ3) is 7.09. The van der Waals surface area contributed by atoms with Crippen LogP contribution in [0.1, 0.15) is 71.1 Å². The van der Waals surface area contributed by atoms with Crippen LogP contribution in [0.2, 0.25) is 0 Å². The van der Waals surface area contributed by atoms with Crippen molar-refractivity contribution in [3.63, 3.8) is 0 Å². The monoisotopic (exact) mass is 344 g/mol. The highest BCUT2D eigenvalue weighted by molar-refractivity contribution is 5.89. The Morgan fingerprint density at radius 2 is 1.58 bits per heavy atom. The van der Waals surface area contributed by atoms with Crippen LogP contribution in [0.3, 0.4) is 0 Å². The van der Waals surface area contributed by atoms with Crippen LogP contribution in [-0.4, -0.2) is 46.7 Å². The van der Waals surface area contributed by atoms with Gasteiger partial charge in [0.15, 0.2) is 11.9 Å². The fraction of sp³-hybridized carbons (Fsp3) is 0.833. The smallest absolute Gasteiger partial charge is 0.378 e. The van der Waals surface area contributed by atoms with Crippen LogP contribution >= 0.6 is 0 Å². The summed E-state index contributed by atoms with van der Waals surface area (Å²) in [5.41, 5.74) is 0. The topological polar surface area (TPSA) is 96.2 Å². The van der Waals surface area contributed by atoms with Crippen molar-refractivity contribution in [3.8, 4) is 0 Å². The van der Waals surface area contributed by atoms with Crippen molar-refractivity contribution in [2.45, 2.75) is 83.3 Å². The summed E-state index contributed by atoms with van der Waals surface area (Å²) in [6.45, 7) is 2.00. The van der Waals surface area contributed by atoms with Crippen molar-refractivity contribution in [1.82, 2.24) is 0 Å². The molecule has 0 fully saturated rings. The lowest BCUT2D eigenvalue weighted by molar-refractivity contribution is -0.148. The summed E-state index contributed by atoms with van der Waals surface area (Å²) in [5, 5.41) is 28.2. The molecule has 6 nitrogen and oxygen atoms in total. The summed E-state index contributed by atoms with van der Waals surface area (Å²) < 4.78 is 10.2. The van der Waals surface area contributed by atoms with Gasteiger partial charge in [-0.3, -0.25) is 0 Å². The second kappa shape index (κ2) is 12.1. The highest BCUT2D eigenvalue weighted by atomic mass is 16.6. The molecule has 6 heteroatoms. The summed E-state index contributed by atoms with van der Waals surface area (Å²) in [5.74, 6) is -1.61. The second-order valence-electron chi connectivity index (χ2n) is 6.32. The van der Waals surface area contributed by atoms with E-state index in [0.717, 1.165) is 19.3 Å². The van der Waals surface area contributed by atoms with Crippen molar-refractivity contribution in [3.05, 3.63) is 11.5 Å². The van der Waals surface area contributed by atoms with Crippen molar-refractivity contribution in [2.24, 2.45) is 0 Å². The number of aliphatic hydroxyl groups excluding tert-OH is 3. The summed E-state index contributed by atoms with van der Waals surface area (Å²) >= 11 is 0. The van der Waals surface area contributed by atoms with Gasteiger partial charge in [0.1, 0.15) is 6.10 Å². The molecule has 24 heavy (non-hydrogen) atoms. The molecule has 1 aliphatic rings. The Morgan fingerprint density at radius 1 is 1.04 bits per heavy atom. The molecule has 0 amide bonds. The summed E-state index contributed by atoms with van der Waals surface area (Å²) in [6.07, 6.45) is 9.61. The van der Waals surface area contributed by atoms with Crippen LogP contribution in [-0.2, 0) is 14.3 Å². The minimum atomic E-state index is -1.29. The number of ether oxygens (including phenoxy) is 2. The normalized spacial score (nSPS) is 18.8. The van der Waals surface area contributed by atoms with Gasteiger partial charge in [-0.25, -0.2) is 4.79 Å². The van der Waals surface area contributed by atoms with Crippen molar-refractivity contribution in [2.75, 3.05) is 13.2 Å². The lowest BCUT2D eigenvalue weighted by Gasteiger charge is -2.18. The Morgan fingerprint density at radius 3 is 2.12 bits per heavy atom. The Hall–Kier alpha value is -1.27. The van der Waals surface area contributed by atoms with E-state index >= 15 is 0 Å². The van der Waals surface area contributed by atoms with Gasteiger partial charge >= 0.3 is 5.97 Å². The van der Waals surface area contributed by atoms with Gasteiger partial charge in [-0.2, -0.15) is 0 Å². The fourth-order valence-electron chi connectivity index (χ4n) is 2.73. The first-order valence-electron chi connectivity index (χ1n) is 9.17. The molecule has 2 atom stereocenters. The maximum Gasteiger partial charge on any atom is 0.378 e. The molecule has 3 N–H and O–H groups in total. The van der Waals surface area contributed by atoms with E-state index in [0.29, 0.717) is 6.61 Å². The Bertz CT molecular complexity index is 393. The molecule has 0 aromatic rings. The first kappa shape index (κ1) is 20.8. The number of aliphatic hydroxyl groups is 3. The van der Waals surface area contributed by atoms with Gasteiger partial charge in [0.2, 0.25) is 5.76 Å². The number of hydrogen-bond donors (Lipinski definition) is 3. The summed E-state index contributed by atoms with van der Waals surface area (Å²) in [6, 6.07) is 0. The minimum absolute atomic E-state index is 0.0718. The molecule has 2 unspecified atom stereocenters. The lowest BCUT2D eigenvalue weighted by atomic mass is 10.1. The lowest BCUT2D eigenvalue weighted by Crippen LogP contribution is -2.32. The highest BCUT2D eigenvalue weighted by Gasteiger charge is 2.40. The molecule has 1 aliphatic heterocycles. The number of rotatable bonds is 14. The van der Waals surface area contributed by atoms with Gasteiger partial charge < -0.3 is 24.8 Å². The van der Waals surface area contributed by atoms with E-state index in [1.54, 1.807) is 0 Å². The molecule has 0 spiro atoms. The Labute approximate surface area is 144 Å². The van der Waals surface area contributed by atoms with Gasteiger partial charge in [0.25, 0.3) is 0 Å². The van der Waals surface area contributed by atoms with Gasteiger partial charge in [-0.1, -0.05) is 64.7 Å². The average molecular weight is 344 g/mol. The molecule has 0 saturated heterocycles. The maximum atomic E-state index is 11.3. The molecule has 0 aliphatic carbocycles. The summed E-state index contributed by atoms with van der Waals surface area (Å²) in [4.78, 5) is 11.3. The first-order valence-corrected chi connectivity index (χ1v) is 9.17. The SMILES string of the molecule is CCCCCCCCCCCCOC1=C(O)C(=O)OC1C(O)CO. The quantitative estimate of drug-likeness (QED) is 0.331. The zero-order chi connectivity index (χ0) is 17.8. The van der Waals surface area contributed by atoms with Gasteiger partial charge in [-0.15, -0.1) is 0 Å². The van der Waals surface area contributed by atoms with E-state index in [-0.39, 0.29) is 5.76 Å². The zero-order valence-electron chi connectivity index (χ0n) is 14.7. The predicted molar refractivity (Wildman–Crippen MR) is 90.4 cm³/mol. The molecule has 0 saturated carbocycles. The van der Waals surface area contributed by atoms with Crippen LogP contribution in [0.4, 0.5) is 0 Å². The maximum absolute atomic E-state index is 11.3. The van der Waals surface area contributed by atoms with E-state index in [1.807, 2.05) is 0 Å². The van der Waals surface area contributed by atoms with E-state index in [4.69, 9.17) is 14.6 Å². The third-order valence-electron chi connectivity index (χ3n) is 4.21. The van der Waals surface area contributed by atoms with E-state index in [9.17, 15) is 15.0 Å². The molecule has 0 aromatic heterocycles. The van der Waals surface area contributed by atoms with Crippen LogP contribution in [0.15, 0.2) is 11.5 Å². The molecule has 1 heterocycles. The van der Waals surface area contributed by atoms with Crippen molar-refractivity contribution < 1.29 is 29.6 Å². The number of unbranched alkanes of at least 4 members (excludes halogenated alkanes) is 9. The number of carbonyl (C=O) groups excluding carboxylic acids is 1. The Balaban J connectivity index is 2.10. The van der Waals surface area contributed by atoms with Gasteiger partial charge in [-0.05, 0) is 6.42 Å². The number of hydrogen-bond acceptors (Lipinski definition) is 6. The highest BCUT2D eigenvalue weighted by Crippen LogP contribution is 2.25. The molecule has 140 valence electrons. The van der Waals surface area contributed by atoms with Crippen LogP contribution in [0.5, 0.6) is 0 Å². The molecule has 0 bridgehead atoms. The Kier molecular flexibility index (Phi) is 10.5. The van der Waals surface area contributed by atoms with Crippen LogP contribution in [0.25, 0.3) is 0 Å². The number of cyclic esters (lactones) is 1. The second-order valence-corrected chi connectivity index (χ2v) is 6.32. The van der Waals surface area contributed by atoms with E-state index in [1.165, 1.54) is 44.9 Å². The largest absolute Gasteiger partial charge is 0.499 e. The minimum Gasteiger partial charge on any atom is -0.499 e. The van der Waals surface area contributed by atoms with Crippen molar-refractivity contribution >= 4 is 5.97 Å². The molecule has 0 radical (unpaired) electrons. The average Bonchev–Trinajstić information content (AvgIpc) is 2.87. The summed E-state index contributed by atoms with van der Waals surface area (Å²) in [7, 11) is 0. The van der Waals surface area contributed by atoms with Crippen LogP contribution < -0.4 is 0 Å². The van der Waals surface area contributed by atoms with Gasteiger partial charge in [0.05, 0.1) is 13.2 Å². The molecular weight excluding hydrogens is 312 g/mol. The fourth-order valence-corrected chi connectivity index (χ4v) is 2.73. The molecular formula is C18H32O6.